The van der Waals surface area contributed by atoms with Gasteiger partial charge < -0.3 is 15.5 Å². The van der Waals surface area contributed by atoms with Crippen LogP contribution < -0.4 is 15.5 Å². The fourth-order valence-electron chi connectivity index (χ4n) is 4.65. The van der Waals surface area contributed by atoms with Gasteiger partial charge in [0.2, 0.25) is 0 Å². The van der Waals surface area contributed by atoms with E-state index in [2.05, 4.69) is 79.8 Å². The van der Waals surface area contributed by atoms with Crippen molar-refractivity contribution in [2.24, 2.45) is 4.99 Å². The summed E-state index contributed by atoms with van der Waals surface area (Å²) in [5.41, 5.74) is 2.60. The number of rotatable bonds is 6. The Balaban J connectivity index is 1.22. The number of hydrogen-bond acceptors (Lipinski definition) is 4. The van der Waals surface area contributed by atoms with Crippen LogP contribution in [0.25, 0.3) is 0 Å². The molecular weight excluding hydrogens is 384 g/mol. The lowest BCUT2D eigenvalue weighted by Crippen LogP contribution is -2.51. The molecule has 6 heteroatoms. The van der Waals surface area contributed by atoms with E-state index in [-0.39, 0.29) is 0 Å². The second kappa shape index (κ2) is 10.6. The Morgan fingerprint density at radius 1 is 1.06 bits per heavy atom. The average molecular weight is 421 g/mol. The average Bonchev–Trinajstić information content (AvgIpc) is 3.25. The number of aliphatic imine (C=N–C) groups is 1. The van der Waals surface area contributed by atoms with E-state index in [1.165, 1.54) is 30.5 Å². The molecular formula is C25H36N6. The Kier molecular flexibility index (Phi) is 7.41. The molecule has 1 aromatic carbocycles. The van der Waals surface area contributed by atoms with E-state index < -0.39 is 0 Å². The fraction of sp³-hybridized carbons (Fsp3) is 0.520. The highest BCUT2D eigenvalue weighted by atomic mass is 15.2. The minimum absolute atomic E-state index is 0.455. The van der Waals surface area contributed by atoms with Gasteiger partial charge in [-0.05, 0) is 56.3 Å². The van der Waals surface area contributed by atoms with Gasteiger partial charge in [-0.1, -0.05) is 36.4 Å². The molecule has 166 valence electrons. The van der Waals surface area contributed by atoms with E-state index in [0.717, 1.165) is 50.8 Å². The monoisotopic (exact) mass is 420 g/mol. The van der Waals surface area contributed by atoms with Gasteiger partial charge in [-0.15, -0.1) is 0 Å². The summed E-state index contributed by atoms with van der Waals surface area (Å²) in [7, 11) is 1.87. The van der Waals surface area contributed by atoms with Gasteiger partial charge >= 0.3 is 0 Å². The first-order valence-corrected chi connectivity index (χ1v) is 11.6. The topological polar surface area (TPSA) is 55.8 Å². The van der Waals surface area contributed by atoms with Crippen molar-refractivity contribution in [1.82, 2.24) is 20.5 Å². The number of likely N-dealkylation sites (tertiary alicyclic amines) is 1. The first-order valence-electron chi connectivity index (χ1n) is 11.6. The molecule has 1 unspecified atom stereocenters. The summed E-state index contributed by atoms with van der Waals surface area (Å²) in [4.78, 5) is 14.1. The number of nitrogens with one attached hydrogen (secondary N) is 2. The molecule has 31 heavy (non-hydrogen) atoms. The van der Waals surface area contributed by atoms with Crippen LogP contribution in [0.2, 0.25) is 0 Å². The van der Waals surface area contributed by atoms with E-state index in [4.69, 9.17) is 0 Å². The van der Waals surface area contributed by atoms with E-state index in [9.17, 15) is 0 Å². The molecule has 2 fully saturated rings. The van der Waals surface area contributed by atoms with Crippen molar-refractivity contribution in [1.29, 1.82) is 0 Å². The van der Waals surface area contributed by atoms with Crippen LogP contribution in [0.3, 0.4) is 0 Å². The Bertz CT molecular complexity index is 827. The maximum Gasteiger partial charge on any atom is 0.191 e. The summed E-state index contributed by atoms with van der Waals surface area (Å²) in [5, 5.41) is 7.24. The van der Waals surface area contributed by atoms with Gasteiger partial charge in [0.05, 0.1) is 0 Å². The molecule has 4 rings (SSSR count). The summed E-state index contributed by atoms with van der Waals surface area (Å²) in [6.07, 6.45) is 6.67. The molecule has 2 aliphatic heterocycles. The molecule has 1 aromatic heterocycles. The molecule has 1 atom stereocenters. The lowest BCUT2D eigenvalue weighted by molar-refractivity contribution is 0.245. The van der Waals surface area contributed by atoms with Gasteiger partial charge in [0.25, 0.3) is 0 Å². The van der Waals surface area contributed by atoms with E-state index in [1.807, 2.05) is 13.2 Å². The molecule has 6 nitrogen and oxygen atoms in total. The molecule has 0 saturated carbocycles. The minimum Gasteiger partial charge on any atom is -0.356 e. The van der Waals surface area contributed by atoms with Crippen LogP contribution in [-0.4, -0.2) is 61.2 Å². The number of nitrogens with zero attached hydrogens (tertiary/aromatic N) is 4. The zero-order valence-corrected chi connectivity index (χ0v) is 18.9. The largest absolute Gasteiger partial charge is 0.356 e. The molecule has 0 amide bonds. The number of aromatic nitrogens is 1. The van der Waals surface area contributed by atoms with Crippen LogP contribution in [0.4, 0.5) is 5.82 Å². The van der Waals surface area contributed by atoms with Crippen molar-refractivity contribution in [3.63, 3.8) is 0 Å². The lowest BCUT2D eigenvalue weighted by atomic mass is 10.1. The van der Waals surface area contributed by atoms with E-state index in [1.54, 1.807) is 0 Å². The predicted octanol–water partition coefficient (Wildman–Crippen LogP) is 3.19. The fourth-order valence-corrected chi connectivity index (χ4v) is 4.65. The molecule has 0 bridgehead atoms. The molecule has 2 aliphatic rings. The molecule has 2 aromatic rings. The lowest BCUT2D eigenvalue weighted by Gasteiger charge is -2.34. The third kappa shape index (κ3) is 5.97. The van der Waals surface area contributed by atoms with Crippen molar-refractivity contribution in [3.05, 3.63) is 59.8 Å². The SMILES string of the molecule is CN=C(NCC1CCCN1Cc1ccccc1)NC1CCN(c2ccc(C)cn2)CC1. The molecule has 2 saturated heterocycles. The highest BCUT2D eigenvalue weighted by molar-refractivity contribution is 5.80. The Labute approximate surface area is 186 Å². The van der Waals surface area contributed by atoms with Gasteiger partial charge in [-0.3, -0.25) is 9.89 Å². The highest BCUT2D eigenvalue weighted by Gasteiger charge is 2.25. The molecule has 0 radical (unpaired) electrons. The normalized spacial score (nSPS) is 20.8. The van der Waals surface area contributed by atoms with Gasteiger partial charge in [0.1, 0.15) is 5.82 Å². The molecule has 0 aliphatic carbocycles. The van der Waals surface area contributed by atoms with Crippen molar-refractivity contribution in [2.75, 3.05) is 38.1 Å². The summed E-state index contributed by atoms with van der Waals surface area (Å²) >= 11 is 0. The van der Waals surface area contributed by atoms with Gasteiger partial charge in [0.15, 0.2) is 5.96 Å². The van der Waals surface area contributed by atoms with E-state index in [0.29, 0.717) is 12.1 Å². The summed E-state index contributed by atoms with van der Waals surface area (Å²) in [6, 6.07) is 16.1. The van der Waals surface area contributed by atoms with Gasteiger partial charge in [0, 0.05) is 51.5 Å². The van der Waals surface area contributed by atoms with Crippen molar-refractivity contribution in [2.45, 2.75) is 51.2 Å². The smallest absolute Gasteiger partial charge is 0.191 e. The standard InChI is InChI=1S/C25H36N6/c1-20-10-11-24(27-17-20)30-15-12-22(13-16-30)29-25(26-2)28-18-23-9-6-14-31(23)19-21-7-4-3-5-8-21/h3-5,7-8,10-11,17,22-23H,6,9,12-16,18-19H2,1-2H3,(H2,26,28,29). The van der Waals surface area contributed by atoms with Crippen molar-refractivity contribution >= 4 is 11.8 Å². The van der Waals surface area contributed by atoms with Crippen LogP contribution in [-0.2, 0) is 6.54 Å². The first-order chi connectivity index (χ1) is 15.2. The molecule has 3 heterocycles. The number of piperidine rings is 1. The van der Waals surface area contributed by atoms with Gasteiger partial charge in [-0.2, -0.15) is 0 Å². The van der Waals surface area contributed by atoms with Crippen LogP contribution in [0.5, 0.6) is 0 Å². The molecule has 0 spiro atoms. The second-order valence-electron chi connectivity index (χ2n) is 8.80. The van der Waals surface area contributed by atoms with Crippen LogP contribution in [0, 0.1) is 6.92 Å². The molecule has 2 N–H and O–H groups in total. The quantitative estimate of drug-likeness (QED) is 0.555. The number of pyridine rings is 1. The third-order valence-corrected chi connectivity index (χ3v) is 6.51. The predicted molar refractivity (Wildman–Crippen MR) is 129 cm³/mol. The van der Waals surface area contributed by atoms with Crippen LogP contribution in [0.15, 0.2) is 53.7 Å². The Hall–Kier alpha value is -2.60. The number of anilines is 1. The first kappa shape index (κ1) is 21.6. The zero-order valence-electron chi connectivity index (χ0n) is 18.9. The van der Waals surface area contributed by atoms with Gasteiger partial charge in [-0.25, -0.2) is 4.98 Å². The third-order valence-electron chi connectivity index (χ3n) is 6.51. The Morgan fingerprint density at radius 3 is 2.58 bits per heavy atom. The number of aryl methyl sites for hydroxylation is 1. The number of benzene rings is 1. The highest BCUT2D eigenvalue weighted by Crippen LogP contribution is 2.20. The maximum atomic E-state index is 4.58. The number of guanidine groups is 1. The van der Waals surface area contributed by atoms with E-state index >= 15 is 0 Å². The maximum absolute atomic E-state index is 4.58. The van der Waals surface area contributed by atoms with Crippen LogP contribution in [0.1, 0.15) is 36.8 Å². The van der Waals surface area contributed by atoms with Crippen LogP contribution >= 0.6 is 0 Å². The zero-order chi connectivity index (χ0) is 21.5. The number of hydrogen-bond donors (Lipinski definition) is 2. The van der Waals surface area contributed by atoms with Crippen molar-refractivity contribution in [3.8, 4) is 0 Å². The minimum atomic E-state index is 0.455. The Morgan fingerprint density at radius 2 is 1.87 bits per heavy atom. The van der Waals surface area contributed by atoms with Crippen molar-refractivity contribution < 1.29 is 0 Å². The summed E-state index contributed by atoms with van der Waals surface area (Å²) in [6.45, 7) is 7.29. The summed E-state index contributed by atoms with van der Waals surface area (Å²) in [5.74, 6) is 2.02. The summed E-state index contributed by atoms with van der Waals surface area (Å²) < 4.78 is 0. The second-order valence-corrected chi connectivity index (χ2v) is 8.80.